The number of aromatic nitrogens is 1. The molecule has 0 saturated heterocycles. The van der Waals surface area contributed by atoms with E-state index in [0.717, 1.165) is 16.8 Å². The zero-order chi connectivity index (χ0) is 15.6. The number of ether oxygens (including phenoxy) is 1. The zero-order valence-electron chi connectivity index (χ0n) is 12.7. The zero-order valence-corrected chi connectivity index (χ0v) is 13.5. The van der Waals surface area contributed by atoms with Crippen molar-refractivity contribution in [1.82, 2.24) is 4.98 Å². The van der Waals surface area contributed by atoms with Crippen LogP contribution in [-0.4, -0.2) is 4.98 Å². The smallest absolute Gasteiger partial charge is 0.219 e. The molecule has 4 heteroatoms. The van der Waals surface area contributed by atoms with Crippen LogP contribution in [0.5, 0.6) is 11.6 Å². The maximum absolute atomic E-state index is 13.3. The molecule has 1 heterocycles. The van der Waals surface area contributed by atoms with Crippen LogP contribution in [0.4, 0.5) is 4.39 Å². The van der Waals surface area contributed by atoms with Crippen molar-refractivity contribution < 1.29 is 9.13 Å². The Morgan fingerprint density at radius 2 is 1.90 bits per heavy atom. The van der Waals surface area contributed by atoms with E-state index in [0.29, 0.717) is 17.5 Å². The van der Waals surface area contributed by atoms with E-state index in [1.807, 2.05) is 13.0 Å². The van der Waals surface area contributed by atoms with Crippen molar-refractivity contribution in [2.45, 2.75) is 39.0 Å². The van der Waals surface area contributed by atoms with Crippen LogP contribution in [0.15, 0.2) is 30.3 Å². The third-order valence-electron chi connectivity index (χ3n) is 3.15. The monoisotopic (exact) mass is 307 g/mol. The first kappa shape index (κ1) is 15.8. The first-order chi connectivity index (χ1) is 9.79. The summed E-state index contributed by atoms with van der Waals surface area (Å²) in [6.45, 7) is 8.09. The molecule has 0 radical (unpaired) electrons. The standard InChI is InChI=1S/C17H19ClFNO/c1-11-5-6-13(19)9-14(11)21-16-8-12(10-18)7-15(20-16)17(2,3)4/h5-9H,10H2,1-4H3. The highest BCUT2D eigenvalue weighted by Crippen LogP contribution is 2.29. The van der Waals surface area contributed by atoms with Gasteiger partial charge >= 0.3 is 0 Å². The molecule has 2 nitrogen and oxygen atoms in total. The molecule has 0 amide bonds. The molecule has 0 unspecified atom stereocenters. The molecule has 0 saturated carbocycles. The molecule has 0 spiro atoms. The summed E-state index contributed by atoms with van der Waals surface area (Å²) in [6.07, 6.45) is 0. The van der Waals surface area contributed by atoms with Gasteiger partial charge in [-0.3, -0.25) is 0 Å². The topological polar surface area (TPSA) is 22.1 Å². The normalized spacial score (nSPS) is 11.5. The molecule has 0 N–H and O–H groups in total. The van der Waals surface area contributed by atoms with Gasteiger partial charge in [0.2, 0.25) is 5.88 Å². The Kier molecular flexibility index (Phi) is 4.52. The molecule has 112 valence electrons. The Hall–Kier alpha value is -1.61. The van der Waals surface area contributed by atoms with Crippen molar-refractivity contribution in [3.05, 3.63) is 53.0 Å². The number of benzene rings is 1. The van der Waals surface area contributed by atoms with E-state index < -0.39 is 0 Å². The Morgan fingerprint density at radius 3 is 2.52 bits per heavy atom. The Bertz CT molecular complexity index is 650. The molecule has 21 heavy (non-hydrogen) atoms. The first-order valence-electron chi connectivity index (χ1n) is 6.81. The molecule has 0 aliphatic carbocycles. The lowest BCUT2D eigenvalue weighted by atomic mass is 9.91. The fourth-order valence-electron chi connectivity index (χ4n) is 1.87. The second-order valence-corrected chi connectivity index (χ2v) is 6.36. The average molecular weight is 308 g/mol. The summed E-state index contributed by atoms with van der Waals surface area (Å²) in [7, 11) is 0. The van der Waals surface area contributed by atoms with Crippen LogP contribution in [0.25, 0.3) is 0 Å². The highest BCUT2D eigenvalue weighted by molar-refractivity contribution is 6.17. The number of nitrogens with zero attached hydrogens (tertiary/aromatic N) is 1. The van der Waals surface area contributed by atoms with Gasteiger partial charge in [-0.1, -0.05) is 26.8 Å². The predicted octanol–water partition coefficient (Wildman–Crippen LogP) is 5.36. The second kappa shape index (κ2) is 6.02. The van der Waals surface area contributed by atoms with Gasteiger partial charge in [0.25, 0.3) is 0 Å². The summed E-state index contributed by atoms with van der Waals surface area (Å²) in [5.74, 6) is 0.949. The van der Waals surface area contributed by atoms with E-state index in [1.54, 1.807) is 12.1 Å². The fourth-order valence-corrected chi connectivity index (χ4v) is 2.02. The van der Waals surface area contributed by atoms with Gasteiger partial charge in [0.05, 0.1) is 5.69 Å². The van der Waals surface area contributed by atoms with E-state index in [4.69, 9.17) is 16.3 Å². The number of halogens is 2. The summed E-state index contributed by atoms with van der Waals surface area (Å²) in [4.78, 5) is 4.52. The lowest BCUT2D eigenvalue weighted by Crippen LogP contribution is -2.14. The number of hydrogen-bond donors (Lipinski definition) is 0. The minimum atomic E-state index is -0.333. The quantitative estimate of drug-likeness (QED) is 0.712. The molecular formula is C17H19ClFNO. The first-order valence-corrected chi connectivity index (χ1v) is 7.34. The van der Waals surface area contributed by atoms with Gasteiger partial charge in [0, 0.05) is 23.4 Å². The number of aryl methyl sites for hydroxylation is 1. The Labute approximate surface area is 129 Å². The number of hydrogen-bond acceptors (Lipinski definition) is 2. The lowest BCUT2D eigenvalue weighted by Gasteiger charge is -2.19. The molecule has 0 fully saturated rings. The van der Waals surface area contributed by atoms with Crippen molar-refractivity contribution in [2.24, 2.45) is 0 Å². The highest BCUT2D eigenvalue weighted by Gasteiger charge is 2.18. The van der Waals surface area contributed by atoms with Crippen LogP contribution in [0, 0.1) is 12.7 Å². The molecule has 2 rings (SSSR count). The minimum Gasteiger partial charge on any atom is -0.439 e. The SMILES string of the molecule is Cc1ccc(F)cc1Oc1cc(CCl)cc(C(C)(C)C)n1. The molecule has 2 aromatic rings. The summed E-state index contributed by atoms with van der Waals surface area (Å²) in [5.41, 5.74) is 2.56. The second-order valence-electron chi connectivity index (χ2n) is 6.09. The Morgan fingerprint density at radius 1 is 1.19 bits per heavy atom. The molecule has 0 bridgehead atoms. The maximum Gasteiger partial charge on any atom is 0.219 e. The van der Waals surface area contributed by atoms with E-state index in [-0.39, 0.29) is 11.2 Å². The average Bonchev–Trinajstić information content (AvgIpc) is 2.41. The van der Waals surface area contributed by atoms with Crippen LogP contribution in [0.2, 0.25) is 0 Å². The van der Waals surface area contributed by atoms with Crippen LogP contribution < -0.4 is 4.74 Å². The van der Waals surface area contributed by atoms with E-state index in [1.165, 1.54) is 12.1 Å². The molecule has 0 atom stereocenters. The molecule has 1 aromatic heterocycles. The number of rotatable bonds is 3. The minimum absolute atomic E-state index is 0.114. The van der Waals surface area contributed by atoms with Crippen molar-refractivity contribution in [1.29, 1.82) is 0 Å². The van der Waals surface area contributed by atoms with Gasteiger partial charge in [-0.2, -0.15) is 0 Å². The Balaban J connectivity index is 2.42. The summed E-state index contributed by atoms with van der Waals surface area (Å²) in [5, 5.41) is 0. The number of pyridine rings is 1. The summed E-state index contributed by atoms with van der Waals surface area (Å²) in [6, 6.07) is 8.21. The summed E-state index contributed by atoms with van der Waals surface area (Å²) < 4.78 is 19.1. The van der Waals surface area contributed by atoms with Crippen molar-refractivity contribution in [2.75, 3.05) is 0 Å². The van der Waals surface area contributed by atoms with Gasteiger partial charge in [0.15, 0.2) is 0 Å². The maximum atomic E-state index is 13.3. The molecule has 0 aliphatic heterocycles. The van der Waals surface area contributed by atoms with E-state index in [2.05, 4.69) is 25.8 Å². The van der Waals surface area contributed by atoms with Crippen molar-refractivity contribution >= 4 is 11.6 Å². The van der Waals surface area contributed by atoms with Crippen molar-refractivity contribution in [3.8, 4) is 11.6 Å². The molecule has 0 aliphatic rings. The van der Waals surface area contributed by atoms with Crippen LogP contribution in [0.1, 0.15) is 37.6 Å². The van der Waals surface area contributed by atoms with Crippen LogP contribution in [0.3, 0.4) is 0 Å². The van der Waals surface area contributed by atoms with Gasteiger partial charge in [0.1, 0.15) is 11.6 Å². The lowest BCUT2D eigenvalue weighted by molar-refractivity contribution is 0.444. The number of alkyl halides is 1. The van der Waals surface area contributed by atoms with Crippen molar-refractivity contribution in [3.63, 3.8) is 0 Å². The van der Waals surface area contributed by atoms with Gasteiger partial charge < -0.3 is 4.74 Å². The molecule has 1 aromatic carbocycles. The third kappa shape index (κ3) is 3.94. The van der Waals surface area contributed by atoms with Gasteiger partial charge in [-0.15, -0.1) is 11.6 Å². The van der Waals surface area contributed by atoms with E-state index in [9.17, 15) is 4.39 Å². The van der Waals surface area contributed by atoms with E-state index >= 15 is 0 Å². The third-order valence-corrected chi connectivity index (χ3v) is 3.46. The summed E-state index contributed by atoms with van der Waals surface area (Å²) >= 11 is 5.94. The fraction of sp³-hybridized carbons (Fsp3) is 0.353. The van der Waals surface area contributed by atoms with Crippen LogP contribution >= 0.6 is 11.6 Å². The van der Waals surface area contributed by atoms with Crippen LogP contribution in [-0.2, 0) is 11.3 Å². The highest BCUT2D eigenvalue weighted by atomic mass is 35.5. The predicted molar refractivity (Wildman–Crippen MR) is 83.7 cm³/mol. The largest absolute Gasteiger partial charge is 0.439 e. The molecular weight excluding hydrogens is 289 g/mol. The van der Waals surface area contributed by atoms with Gasteiger partial charge in [-0.05, 0) is 30.2 Å². The van der Waals surface area contributed by atoms with Gasteiger partial charge in [-0.25, -0.2) is 9.37 Å².